The molecule has 0 aliphatic rings. The summed E-state index contributed by atoms with van der Waals surface area (Å²) in [7, 11) is -24.7. The molecule has 23 nitrogen and oxygen atoms in total. The lowest BCUT2D eigenvalue weighted by Gasteiger charge is -2.15. The van der Waals surface area contributed by atoms with Crippen LogP contribution in [0.15, 0.2) is 96.5 Å². The molecule has 0 saturated carbocycles. The number of hydrogen-bond acceptors (Lipinski definition) is 19. The number of phenols is 1. The number of fused-ring (bicyclic) bond motifs is 1. The van der Waals surface area contributed by atoms with Crippen molar-refractivity contribution in [2.45, 2.75) is 19.6 Å². The molecule has 7 N–H and O–H groups in total. The van der Waals surface area contributed by atoms with Crippen LogP contribution in [0.4, 0.5) is 34.6 Å². The Hall–Kier alpha value is -5.01. The Kier molecular flexibility index (Phi) is 11.7. The fourth-order valence-electron chi connectivity index (χ4n) is 4.76. The smallest absolute Gasteiger partial charge is 0.397 e. The summed E-state index contributed by atoms with van der Waals surface area (Å²) in [4.78, 5) is 8.36. The van der Waals surface area contributed by atoms with Gasteiger partial charge < -0.3 is 15.7 Å². The lowest BCUT2D eigenvalue weighted by Crippen LogP contribution is -2.15. The van der Waals surface area contributed by atoms with Crippen LogP contribution in [0.3, 0.4) is 0 Å². The van der Waals surface area contributed by atoms with Gasteiger partial charge in [-0.1, -0.05) is 24.3 Å². The molecule has 1 aromatic heterocycles. The van der Waals surface area contributed by atoms with Gasteiger partial charge in [0, 0.05) is 5.39 Å². The van der Waals surface area contributed by atoms with Crippen molar-refractivity contribution in [3.8, 4) is 5.75 Å². The van der Waals surface area contributed by atoms with E-state index in [0.717, 1.165) is 24.3 Å². The van der Waals surface area contributed by atoms with Crippen LogP contribution < -0.4 is 10.6 Å². The number of nitrogens with one attached hydrogen (secondary N) is 2. The maximum absolute atomic E-state index is 13.0. The molecule has 0 spiro atoms. The van der Waals surface area contributed by atoms with E-state index in [0.29, 0.717) is 12.1 Å². The molecule has 4 aromatic carbocycles. The molecule has 5 aromatic rings. The normalized spacial score (nSPS) is 12.9. The second-order valence-electron chi connectivity index (χ2n) is 10.8. The number of halogens is 1. The Morgan fingerprint density at radius 3 is 1.82 bits per heavy atom. The Bertz CT molecular complexity index is 3010. The van der Waals surface area contributed by atoms with E-state index in [1.165, 1.54) is 30.3 Å². The van der Waals surface area contributed by atoms with Crippen LogP contribution in [0, 0.1) is 0 Å². The number of sulfone groups is 1. The Labute approximate surface area is 321 Å². The van der Waals surface area contributed by atoms with E-state index in [4.69, 9.17) is 16.2 Å². The van der Waals surface area contributed by atoms with E-state index in [9.17, 15) is 60.9 Å². The lowest BCUT2D eigenvalue weighted by molar-refractivity contribution is 0.284. The number of phenolic OH excluding ortho intramolecular Hbond substituents is 1. The molecule has 0 saturated heterocycles. The number of aromatic nitrogens is 3. The molecular weight excluding hydrogens is 874 g/mol. The number of para-hydroxylation sites is 1. The number of azo groups is 1. The predicted molar refractivity (Wildman–Crippen MR) is 193 cm³/mol. The van der Waals surface area contributed by atoms with Gasteiger partial charge in [-0.2, -0.15) is 48.6 Å². The first kappa shape index (κ1) is 42.1. The van der Waals surface area contributed by atoms with Gasteiger partial charge in [-0.25, -0.2) is 12.6 Å². The predicted octanol–water partition coefficient (Wildman–Crippen LogP) is 3.62. The van der Waals surface area contributed by atoms with Crippen LogP contribution in [0.25, 0.3) is 10.8 Å². The summed E-state index contributed by atoms with van der Waals surface area (Å²) in [6, 6.07) is 11.6. The van der Waals surface area contributed by atoms with E-state index < -0.39 is 133 Å². The van der Waals surface area contributed by atoms with Gasteiger partial charge in [-0.3, -0.25) is 18.2 Å². The molecule has 0 aliphatic carbocycles. The standard InChI is InChI=1S/C27H22ClN7O16S5/c28-25-31-26(29-16-5-1-4-8-20(16)54(42,43)44)33-27(32-25)30-18-13-15(53(39,40)41)11-14-12-21(55(45,46)47)23(24(36)22(14)18)35-34-17-6-2-3-7-19(17)52(37,38)10-9-51-56(48,49)50/h1-8,11-13,36H,9-10H2,(H,39,40,41)(H,42,43,44)(H,45,46,47)(H,48,49,50)(H2,29,30,31,32,33). The van der Waals surface area contributed by atoms with Crippen molar-refractivity contribution in [2.24, 2.45) is 10.2 Å². The van der Waals surface area contributed by atoms with Crippen LogP contribution in [-0.2, 0) is 54.8 Å². The Balaban J connectivity index is 1.67. The minimum absolute atomic E-state index is 0.228. The van der Waals surface area contributed by atoms with Crippen LogP contribution >= 0.6 is 11.6 Å². The van der Waals surface area contributed by atoms with Gasteiger partial charge in [0.1, 0.15) is 21.2 Å². The maximum Gasteiger partial charge on any atom is 0.397 e. The van der Waals surface area contributed by atoms with Gasteiger partial charge >= 0.3 is 10.4 Å². The quantitative estimate of drug-likeness (QED) is 0.0618. The molecule has 0 fully saturated rings. The topological polar surface area (TPSA) is 369 Å². The van der Waals surface area contributed by atoms with Gasteiger partial charge in [0.15, 0.2) is 15.6 Å². The lowest BCUT2D eigenvalue weighted by atomic mass is 10.1. The SMILES string of the molecule is O=S(=O)(O)OCCS(=O)(=O)c1ccccc1N=Nc1c(S(=O)(=O)O)cc2cc(S(=O)(=O)O)cc(Nc3nc(Cl)nc(Nc4ccccc4S(=O)(=O)O)n3)c2c1O. The van der Waals surface area contributed by atoms with Crippen molar-refractivity contribution in [1.82, 2.24) is 15.0 Å². The average Bonchev–Trinajstić information content (AvgIpc) is 3.05. The third-order valence-electron chi connectivity index (χ3n) is 7.01. The van der Waals surface area contributed by atoms with Crippen molar-refractivity contribution in [3.05, 3.63) is 72.0 Å². The third-order valence-corrected chi connectivity index (χ3v) is 12.0. The van der Waals surface area contributed by atoms with Crippen LogP contribution in [-0.4, -0.2) is 92.7 Å². The molecule has 298 valence electrons. The molecule has 0 amide bonds. The molecule has 1 heterocycles. The molecule has 29 heteroatoms. The molecule has 0 unspecified atom stereocenters. The zero-order valence-electron chi connectivity index (χ0n) is 27.1. The number of rotatable bonds is 14. The molecule has 0 atom stereocenters. The molecule has 5 rings (SSSR count). The first-order chi connectivity index (χ1) is 25.8. The first-order valence-electron chi connectivity index (χ1n) is 14.5. The molecule has 56 heavy (non-hydrogen) atoms. The molecule has 0 radical (unpaired) electrons. The van der Waals surface area contributed by atoms with E-state index in [1.807, 2.05) is 0 Å². The summed E-state index contributed by atoms with van der Waals surface area (Å²) in [5.41, 5.74) is -2.29. The highest BCUT2D eigenvalue weighted by Crippen LogP contribution is 2.46. The third kappa shape index (κ3) is 10.0. The van der Waals surface area contributed by atoms with Crippen LogP contribution in [0.1, 0.15) is 0 Å². The summed E-state index contributed by atoms with van der Waals surface area (Å²) < 4.78 is 163. The maximum atomic E-state index is 13.0. The fourth-order valence-corrected chi connectivity index (χ4v) is 8.41. The van der Waals surface area contributed by atoms with Gasteiger partial charge in [-0.05, 0) is 59.5 Å². The monoisotopic (exact) mass is 895 g/mol. The number of aromatic hydroxyl groups is 1. The van der Waals surface area contributed by atoms with E-state index >= 15 is 0 Å². The highest BCUT2D eigenvalue weighted by molar-refractivity contribution is 7.91. The van der Waals surface area contributed by atoms with Crippen LogP contribution in [0.2, 0.25) is 5.28 Å². The molecule has 0 bridgehead atoms. The van der Waals surface area contributed by atoms with Gasteiger partial charge in [0.25, 0.3) is 30.4 Å². The summed E-state index contributed by atoms with van der Waals surface area (Å²) >= 11 is 6.05. The van der Waals surface area contributed by atoms with Crippen molar-refractivity contribution >= 4 is 108 Å². The van der Waals surface area contributed by atoms with Gasteiger partial charge in [-0.15, -0.1) is 10.2 Å². The van der Waals surface area contributed by atoms with E-state index in [2.05, 4.69) is 40.0 Å². The minimum atomic E-state index is -5.37. The fraction of sp³-hybridized carbons (Fsp3) is 0.0741. The van der Waals surface area contributed by atoms with E-state index in [-0.39, 0.29) is 5.69 Å². The van der Waals surface area contributed by atoms with Crippen molar-refractivity contribution in [3.63, 3.8) is 0 Å². The highest BCUT2D eigenvalue weighted by atomic mass is 35.5. The summed E-state index contributed by atoms with van der Waals surface area (Å²) in [5.74, 6) is -3.16. The van der Waals surface area contributed by atoms with Gasteiger partial charge in [0.05, 0.1) is 33.5 Å². The van der Waals surface area contributed by atoms with Crippen LogP contribution in [0.5, 0.6) is 5.75 Å². The second kappa shape index (κ2) is 15.5. The largest absolute Gasteiger partial charge is 0.505 e. The average molecular weight is 896 g/mol. The molecule has 0 aliphatic heterocycles. The van der Waals surface area contributed by atoms with Gasteiger partial charge in [0.2, 0.25) is 17.2 Å². The Morgan fingerprint density at radius 1 is 0.661 bits per heavy atom. The zero-order chi connectivity index (χ0) is 41.4. The summed E-state index contributed by atoms with van der Waals surface area (Å²) in [5, 5.41) is 22.4. The molecular formula is C27H22ClN7O16S5. The Morgan fingerprint density at radius 2 is 1.23 bits per heavy atom. The first-order valence-corrected chi connectivity index (χ1v) is 22.2. The second-order valence-corrected chi connectivity index (χ2v) is 18.5. The summed E-state index contributed by atoms with van der Waals surface area (Å²) in [6.07, 6.45) is 0. The highest BCUT2D eigenvalue weighted by Gasteiger charge is 2.27. The number of benzene rings is 4. The zero-order valence-corrected chi connectivity index (χ0v) is 32.0. The van der Waals surface area contributed by atoms with Crippen molar-refractivity contribution in [2.75, 3.05) is 23.0 Å². The summed E-state index contributed by atoms with van der Waals surface area (Å²) in [6.45, 7) is -1.02. The number of nitrogens with zero attached hydrogens (tertiary/aromatic N) is 5. The minimum Gasteiger partial charge on any atom is -0.505 e. The van der Waals surface area contributed by atoms with E-state index in [1.54, 1.807) is 0 Å². The number of hydrogen-bond donors (Lipinski definition) is 7. The van der Waals surface area contributed by atoms with Crippen molar-refractivity contribution < 1.29 is 69.6 Å². The van der Waals surface area contributed by atoms with Crippen molar-refractivity contribution in [1.29, 1.82) is 0 Å². The number of anilines is 4.